The Hall–Kier alpha value is -2.58. The summed E-state index contributed by atoms with van der Waals surface area (Å²) in [5.41, 5.74) is 0.351. The van der Waals surface area contributed by atoms with E-state index < -0.39 is 30.4 Å². The predicted molar refractivity (Wildman–Crippen MR) is 88.4 cm³/mol. The molecule has 1 aromatic heterocycles. The van der Waals surface area contributed by atoms with Crippen LogP contribution in [0.2, 0.25) is 0 Å². The zero-order valence-electron chi connectivity index (χ0n) is 14.5. The normalized spacial score (nSPS) is 11.9. The molecule has 0 saturated heterocycles. The lowest BCUT2D eigenvalue weighted by molar-refractivity contribution is -0.148. The van der Waals surface area contributed by atoms with E-state index in [4.69, 9.17) is 5.11 Å². The SMILES string of the molecule is CC(C)CN(CCC(=O)O)C(=O)Cn1c(C(F)(F)F)nc2ccccc21. The molecule has 6 nitrogen and oxygen atoms in total. The first kappa shape index (κ1) is 19.7. The summed E-state index contributed by atoms with van der Waals surface area (Å²) in [6.07, 6.45) is -4.97. The van der Waals surface area contributed by atoms with Gasteiger partial charge in [0, 0.05) is 13.1 Å². The lowest BCUT2D eigenvalue weighted by Gasteiger charge is -2.25. The van der Waals surface area contributed by atoms with Crippen molar-refractivity contribution in [2.45, 2.75) is 33.0 Å². The number of hydrogen-bond donors (Lipinski definition) is 1. The number of carbonyl (C=O) groups excluding carboxylic acids is 1. The molecule has 0 aliphatic heterocycles. The molecule has 26 heavy (non-hydrogen) atoms. The summed E-state index contributed by atoms with van der Waals surface area (Å²) in [6, 6.07) is 6.05. The second-order valence-electron chi connectivity index (χ2n) is 6.39. The third kappa shape index (κ3) is 4.74. The zero-order valence-corrected chi connectivity index (χ0v) is 14.5. The number of nitrogens with zero attached hydrogens (tertiary/aromatic N) is 3. The van der Waals surface area contributed by atoms with Crippen LogP contribution >= 0.6 is 0 Å². The molecule has 1 heterocycles. The van der Waals surface area contributed by atoms with E-state index in [1.807, 2.05) is 13.8 Å². The van der Waals surface area contributed by atoms with Crippen molar-refractivity contribution < 1.29 is 27.9 Å². The third-order valence-corrected chi connectivity index (χ3v) is 3.74. The van der Waals surface area contributed by atoms with E-state index in [0.29, 0.717) is 0 Å². The lowest BCUT2D eigenvalue weighted by Crippen LogP contribution is -2.38. The van der Waals surface area contributed by atoms with Crippen LogP contribution in [0.3, 0.4) is 0 Å². The molecular weight excluding hydrogens is 351 g/mol. The summed E-state index contributed by atoms with van der Waals surface area (Å²) < 4.78 is 40.8. The molecular formula is C17H20F3N3O3. The number of halogens is 3. The molecule has 2 aromatic rings. The van der Waals surface area contributed by atoms with Gasteiger partial charge in [-0.15, -0.1) is 0 Å². The smallest absolute Gasteiger partial charge is 0.449 e. The van der Waals surface area contributed by atoms with Crippen LogP contribution in [0.4, 0.5) is 13.2 Å². The van der Waals surface area contributed by atoms with Crippen molar-refractivity contribution in [3.05, 3.63) is 30.1 Å². The van der Waals surface area contributed by atoms with E-state index in [9.17, 15) is 22.8 Å². The zero-order chi connectivity index (χ0) is 19.5. The molecule has 1 aromatic carbocycles. The molecule has 0 spiro atoms. The van der Waals surface area contributed by atoms with Crippen LogP contribution in [0.1, 0.15) is 26.1 Å². The van der Waals surface area contributed by atoms with E-state index >= 15 is 0 Å². The molecule has 1 amide bonds. The molecule has 0 bridgehead atoms. The minimum absolute atomic E-state index is 0.0503. The van der Waals surface area contributed by atoms with Crippen molar-refractivity contribution in [1.29, 1.82) is 0 Å². The fourth-order valence-corrected chi connectivity index (χ4v) is 2.68. The average Bonchev–Trinajstić information content (AvgIpc) is 2.90. The number of carboxylic acid groups (broad SMARTS) is 1. The lowest BCUT2D eigenvalue weighted by atomic mass is 10.2. The summed E-state index contributed by atoms with van der Waals surface area (Å²) in [4.78, 5) is 28.3. The van der Waals surface area contributed by atoms with Crippen LogP contribution in [0.15, 0.2) is 24.3 Å². The average molecular weight is 371 g/mol. The van der Waals surface area contributed by atoms with Crippen molar-refractivity contribution in [3.63, 3.8) is 0 Å². The van der Waals surface area contributed by atoms with Gasteiger partial charge in [-0.05, 0) is 18.1 Å². The summed E-state index contributed by atoms with van der Waals surface area (Å²) in [7, 11) is 0. The fraction of sp³-hybridized carbons (Fsp3) is 0.471. The summed E-state index contributed by atoms with van der Waals surface area (Å²) >= 11 is 0. The number of aliphatic carboxylic acids is 1. The monoisotopic (exact) mass is 371 g/mol. The topological polar surface area (TPSA) is 75.4 Å². The largest absolute Gasteiger partial charge is 0.481 e. The van der Waals surface area contributed by atoms with Crippen LogP contribution in [0.25, 0.3) is 11.0 Å². The number of carboxylic acids is 1. The van der Waals surface area contributed by atoms with Gasteiger partial charge in [-0.1, -0.05) is 26.0 Å². The van der Waals surface area contributed by atoms with Crippen molar-refractivity contribution in [1.82, 2.24) is 14.5 Å². The van der Waals surface area contributed by atoms with Crippen LogP contribution in [-0.4, -0.2) is 44.5 Å². The number of imidazole rings is 1. The number of benzene rings is 1. The van der Waals surface area contributed by atoms with Crippen LogP contribution in [-0.2, 0) is 22.3 Å². The minimum atomic E-state index is -4.71. The standard InChI is InChI=1S/C17H20F3N3O3/c1-11(2)9-22(8-7-15(25)26)14(24)10-23-13-6-4-3-5-12(13)21-16(23)17(18,19)20/h3-6,11H,7-10H2,1-2H3,(H,25,26). The summed E-state index contributed by atoms with van der Waals surface area (Å²) in [5.74, 6) is -2.74. The first-order valence-electron chi connectivity index (χ1n) is 8.11. The Morgan fingerprint density at radius 1 is 1.27 bits per heavy atom. The summed E-state index contributed by atoms with van der Waals surface area (Å²) in [6.45, 7) is 3.34. The van der Waals surface area contributed by atoms with Gasteiger partial charge < -0.3 is 14.6 Å². The van der Waals surface area contributed by atoms with Gasteiger partial charge >= 0.3 is 12.1 Å². The second kappa shape index (κ2) is 7.76. The third-order valence-electron chi connectivity index (χ3n) is 3.74. The highest BCUT2D eigenvalue weighted by atomic mass is 19.4. The molecule has 0 radical (unpaired) electrons. The number of amides is 1. The molecule has 0 aliphatic rings. The van der Waals surface area contributed by atoms with E-state index in [-0.39, 0.29) is 36.5 Å². The molecule has 0 atom stereocenters. The van der Waals surface area contributed by atoms with Crippen molar-refractivity contribution >= 4 is 22.9 Å². The molecule has 0 unspecified atom stereocenters. The van der Waals surface area contributed by atoms with Crippen LogP contribution < -0.4 is 0 Å². The van der Waals surface area contributed by atoms with Crippen molar-refractivity contribution in [2.24, 2.45) is 5.92 Å². The molecule has 2 rings (SSSR count). The van der Waals surface area contributed by atoms with Gasteiger partial charge in [0.1, 0.15) is 6.54 Å². The van der Waals surface area contributed by atoms with E-state index in [0.717, 1.165) is 4.57 Å². The number of carbonyl (C=O) groups is 2. The van der Waals surface area contributed by atoms with Gasteiger partial charge in [-0.2, -0.15) is 13.2 Å². The molecule has 9 heteroatoms. The highest BCUT2D eigenvalue weighted by Crippen LogP contribution is 2.31. The molecule has 0 fully saturated rings. The first-order chi connectivity index (χ1) is 12.1. The highest BCUT2D eigenvalue weighted by molar-refractivity contribution is 5.81. The van der Waals surface area contributed by atoms with Crippen molar-refractivity contribution in [2.75, 3.05) is 13.1 Å². The number of alkyl halides is 3. The number of hydrogen-bond acceptors (Lipinski definition) is 3. The maximum Gasteiger partial charge on any atom is 0.449 e. The predicted octanol–water partition coefficient (Wildman–Crippen LogP) is 3.01. The summed E-state index contributed by atoms with van der Waals surface area (Å²) in [5, 5.41) is 8.83. The van der Waals surface area contributed by atoms with Gasteiger partial charge in [-0.25, -0.2) is 4.98 Å². The van der Waals surface area contributed by atoms with Crippen LogP contribution in [0, 0.1) is 5.92 Å². The Morgan fingerprint density at radius 3 is 2.50 bits per heavy atom. The van der Waals surface area contributed by atoms with Gasteiger partial charge in [0.15, 0.2) is 0 Å². The van der Waals surface area contributed by atoms with Crippen molar-refractivity contribution in [3.8, 4) is 0 Å². The van der Waals surface area contributed by atoms with E-state index in [1.54, 1.807) is 12.1 Å². The molecule has 142 valence electrons. The van der Waals surface area contributed by atoms with E-state index in [2.05, 4.69) is 4.98 Å². The maximum absolute atomic E-state index is 13.3. The first-order valence-corrected chi connectivity index (χ1v) is 8.11. The molecule has 0 aliphatic carbocycles. The molecule has 1 N–H and O–H groups in total. The van der Waals surface area contributed by atoms with E-state index in [1.165, 1.54) is 17.0 Å². The highest BCUT2D eigenvalue weighted by Gasteiger charge is 2.38. The number of aromatic nitrogens is 2. The second-order valence-corrected chi connectivity index (χ2v) is 6.39. The van der Waals surface area contributed by atoms with Gasteiger partial charge in [-0.3, -0.25) is 9.59 Å². The van der Waals surface area contributed by atoms with Gasteiger partial charge in [0.25, 0.3) is 0 Å². The number of para-hydroxylation sites is 2. The molecule has 0 saturated carbocycles. The quantitative estimate of drug-likeness (QED) is 0.812. The fourth-order valence-electron chi connectivity index (χ4n) is 2.68. The maximum atomic E-state index is 13.3. The van der Waals surface area contributed by atoms with Gasteiger partial charge in [0.2, 0.25) is 11.7 Å². The minimum Gasteiger partial charge on any atom is -0.481 e. The van der Waals surface area contributed by atoms with Crippen LogP contribution in [0.5, 0.6) is 0 Å². The Labute approximate surface area is 148 Å². The van der Waals surface area contributed by atoms with Gasteiger partial charge in [0.05, 0.1) is 17.5 Å². The Kier molecular flexibility index (Phi) is 5.89. The Balaban J connectivity index is 2.35. The number of rotatable bonds is 7. The Morgan fingerprint density at radius 2 is 1.92 bits per heavy atom. The Bertz CT molecular complexity index is 799. The number of fused-ring (bicyclic) bond motifs is 1.